The molecule has 0 aliphatic heterocycles. The molecule has 0 aliphatic carbocycles. The number of primary amides is 1. The Balaban J connectivity index is -0.000000355. The Morgan fingerprint density at radius 3 is 1.62 bits per heavy atom. The quantitative estimate of drug-likeness (QED) is 0.604. The van der Waals surface area contributed by atoms with Gasteiger partial charge in [0.1, 0.15) is 0 Å². The lowest BCUT2D eigenvalue weighted by molar-refractivity contribution is -0.0373. The van der Waals surface area contributed by atoms with Crippen molar-refractivity contribution in [3.63, 3.8) is 0 Å². The molecule has 0 spiro atoms. The van der Waals surface area contributed by atoms with E-state index in [-0.39, 0.29) is 30.4 Å². The molecule has 0 radical (unpaired) electrons. The molecule has 2 amide bonds. The average molecular weight is 401 g/mol. The van der Waals surface area contributed by atoms with E-state index in [1.807, 2.05) is 45.7 Å². The summed E-state index contributed by atoms with van der Waals surface area (Å²) in [4.78, 5) is 21.6. The molecule has 2 N–H and O–H groups in total. The highest BCUT2D eigenvalue weighted by atomic mass is 35.5. The van der Waals surface area contributed by atoms with E-state index in [1.54, 1.807) is 29.3 Å². The van der Waals surface area contributed by atoms with Crippen LogP contribution in [0.3, 0.4) is 0 Å². The molecule has 0 atom stereocenters. The summed E-state index contributed by atoms with van der Waals surface area (Å²) in [5.41, 5.74) is 5.61. The summed E-state index contributed by atoms with van der Waals surface area (Å²) in [6.07, 6.45) is 0. The van der Waals surface area contributed by atoms with Crippen molar-refractivity contribution in [3.05, 3.63) is 35.9 Å². The zero-order valence-electron chi connectivity index (χ0n) is 14.8. The summed E-state index contributed by atoms with van der Waals surface area (Å²) in [5, 5.41) is 3.13. The molecule has 0 bridgehead atoms. The lowest BCUT2D eigenvalue weighted by Crippen LogP contribution is -2.57. The van der Waals surface area contributed by atoms with Crippen LogP contribution in [0.25, 0.3) is 0 Å². The second-order valence-corrected chi connectivity index (χ2v) is 5.94. The number of hydrazine groups is 1. The van der Waals surface area contributed by atoms with E-state index in [4.69, 9.17) is 17.3 Å². The predicted octanol–water partition coefficient (Wildman–Crippen LogP) is 4.33. The largest absolute Gasteiger partial charge is 0.350 e. The van der Waals surface area contributed by atoms with Crippen LogP contribution in [0, 0.1) is 0 Å². The third-order valence-electron chi connectivity index (χ3n) is 2.86. The lowest BCUT2D eigenvalue weighted by Gasteiger charge is -2.41. The summed E-state index contributed by atoms with van der Waals surface area (Å²) in [6, 6.07) is 8.34. The van der Waals surface area contributed by atoms with Gasteiger partial charge in [-0.05, 0) is 32.4 Å². The molecular formula is C16H28Cl3N3O2. The minimum atomic E-state index is -0.407. The van der Waals surface area contributed by atoms with Crippen LogP contribution in [0.1, 0.15) is 45.0 Å². The first kappa shape index (κ1) is 27.8. The molecule has 0 saturated carbocycles. The normalized spacial score (nSPS) is 9.79. The van der Waals surface area contributed by atoms with Crippen LogP contribution in [0.15, 0.2) is 30.3 Å². The molecule has 140 valence electrons. The number of benzene rings is 1. The fourth-order valence-electron chi connectivity index (χ4n) is 1.97. The van der Waals surface area contributed by atoms with Crippen LogP contribution in [-0.4, -0.2) is 39.9 Å². The summed E-state index contributed by atoms with van der Waals surface area (Å²) < 4.78 is 0. The van der Waals surface area contributed by atoms with E-state index in [2.05, 4.69) is 0 Å². The maximum absolute atomic E-state index is 11.2. The number of amides is 2. The van der Waals surface area contributed by atoms with Crippen molar-refractivity contribution < 1.29 is 9.59 Å². The fraction of sp³-hybridized carbons (Fsp3) is 0.500. The Kier molecular flexibility index (Phi) is 15.4. The van der Waals surface area contributed by atoms with E-state index >= 15 is 0 Å². The van der Waals surface area contributed by atoms with Gasteiger partial charge in [-0.2, -0.15) is 0 Å². The molecule has 5 nitrogen and oxygen atoms in total. The average Bonchev–Trinajstić information content (AvgIpc) is 2.44. The Hall–Kier alpha value is -1.01. The molecule has 24 heavy (non-hydrogen) atoms. The highest BCUT2D eigenvalue weighted by Gasteiger charge is 2.28. The molecule has 1 rings (SSSR count). The van der Waals surface area contributed by atoms with Gasteiger partial charge in [0.25, 0.3) is 5.24 Å². The molecule has 8 heteroatoms. The van der Waals surface area contributed by atoms with Crippen molar-refractivity contribution >= 4 is 47.7 Å². The zero-order valence-corrected chi connectivity index (χ0v) is 17.2. The van der Waals surface area contributed by atoms with Gasteiger partial charge in [-0.15, -0.1) is 24.8 Å². The number of hydrogen-bond acceptors (Lipinski definition) is 3. The molecule has 0 saturated heterocycles. The number of carbonyl (C=O) groups is 2. The van der Waals surface area contributed by atoms with Crippen LogP contribution in [-0.2, 0) is 0 Å². The van der Waals surface area contributed by atoms with Crippen molar-refractivity contribution in [3.8, 4) is 0 Å². The van der Waals surface area contributed by atoms with Crippen molar-refractivity contribution in [2.45, 2.75) is 40.2 Å². The van der Waals surface area contributed by atoms with Gasteiger partial charge in [-0.1, -0.05) is 44.2 Å². The molecule has 0 unspecified atom stereocenters. The first-order valence-corrected chi connectivity index (χ1v) is 7.62. The summed E-state index contributed by atoms with van der Waals surface area (Å²) in [7, 11) is 0. The number of halogens is 3. The summed E-state index contributed by atoms with van der Waals surface area (Å²) in [5.74, 6) is 0. The van der Waals surface area contributed by atoms with E-state index in [0.29, 0.717) is 5.56 Å². The van der Waals surface area contributed by atoms with Gasteiger partial charge in [-0.3, -0.25) is 9.80 Å². The van der Waals surface area contributed by atoms with Gasteiger partial charge in [0.2, 0.25) is 0 Å². The number of rotatable bonds is 4. The van der Waals surface area contributed by atoms with E-state index in [9.17, 15) is 9.59 Å². The van der Waals surface area contributed by atoms with Crippen LogP contribution < -0.4 is 5.73 Å². The number of hydrogen-bond donors (Lipinski definition) is 1. The van der Waals surface area contributed by atoms with E-state index in [0.717, 1.165) is 13.1 Å². The van der Waals surface area contributed by atoms with Crippen molar-refractivity contribution in [1.82, 2.24) is 10.0 Å². The smallest absolute Gasteiger partial charge is 0.329 e. The minimum absolute atomic E-state index is 0. The zero-order chi connectivity index (χ0) is 17.3. The van der Waals surface area contributed by atoms with Crippen LogP contribution in [0.4, 0.5) is 4.79 Å². The molecule has 0 aromatic heterocycles. The predicted molar refractivity (Wildman–Crippen MR) is 105 cm³/mol. The van der Waals surface area contributed by atoms with Crippen LogP contribution in [0.5, 0.6) is 0 Å². The molecule has 1 aromatic carbocycles. The fourth-order valence-corrected chi connectivity index (χ4v) is 2.10. The molecule has 0 fully saturated rings. The Labute approximate surface area is 162 Å². The Morgan fingerprint density at radius 2 is 1.46 bits per heavy atom. The topological polar surface area (TPSA) is 66.6 Å². The molecule has 0 aliphatic rings. The van der Waals surface area contributed by atoms with Crippen LogP contribution >= 0.6 is 36.4 Å². The summed E-state index contributed by atoms with van der Waals surface area (Å²) in [6.45, 7) is 11.5. The van der Waals surface area contributed by atoms with Gasteiger partial charge in [0, 0.05) is 18.7 Å². The monoisotopic (exact) mass is 399 g/mol. The third-order valence-corrected chi connectivity index (χ3v) is 3.08. The number of carbonyl (C=O) groups excluding carboxylic acids is 2. The van der Waals surface area contributed by atoms with E-state index < -0.39 is 11.3 Å². The molecular weight excluding hydrogens is 373 g/mol. The minimum Gasteiger partial charge on any atom is -0.350 e. The Morgan fingerprint density at radius 1 is 1.04 bits per heavy atom. The second-order valence-electron chi connectivity index (χ2n) is 5.60. The standard InChI is InChI=1S/C9H21N3O.C7H5ClO.2ClH/c1-6-11(7-2)12(8(10)13)9(3,4)5;8-7(9)6-4-2-1-3-5-6;;/h6-7H2,1-5H3,(H2,10,13);1-5H;2*1H. The Bertz CT molecular complexity index is 475. The SMILES string of the molecule is CCN(CC)N(C(N)=O)C(C)(C)C.Cl.Cl.O=C(Cl)c1ccccc1. The molecule has 0 heterocycles. The number of nitrogens with zero attached hydrogens (tertiary/aromatic N) is 2. The first-order chi connectivity index (χ1) is 10.1. The number of urea groups is 1. The maximum atomic E-state index is 11.2. The second kappa shape index (κ2) is 13.3. The van der Waals surface area contributed by atoms with Crippen molar-refractivity contribution in [2.75, 3.05) is 13.1 Å². The van der Waals surface area contributed by atoms with Crippen molar-refractivity contribution in [1.29, 1.82) is 0 Å². The van der Waals surface area contributed by atoms with Gasteiger partial charge >= 0.3 is 6.03 Å². The van der Waals surface area contributed by atoms with Crippen molar-refractivity contribution in [2.24, 2.45) is 5.73 Å². The van der Waals surface area contributed by atoms with Gasteiger partial charge in [0.05, 0.1) is 5.54 Å². The van der Waals surface area contributed by atoms with E-state index in [1.165, 1.54) is 0 Å². The maximum Gasteiger partial charge on any atom is 0.329 e. The van der Waals surface area contributed by atoms with Gasteiger partial charge < -0.3 is 5.73 Å². The molecule has 1 aromatic rings. The first-order valence-electron chi connectivity index (χ1n) is 7.24. The highest BCUT2D eigenvalue weighted by molar-refractivity contribution is 6.67. The summed E-state index contributed by atoms with van der Waals surface area (Å²) >= 11 is 5.16. The number of nitrogens with two attached hydrogens (primary N) is 1. The lowest BCUT2D eigenvalue weighted by atomic mass is 10.1. The highest BCUT2D eigenvalue weighted by Crippen LogP contribution is 2.15. The third kappa shape index (κ3) is 9.98. The van der Waals surface area contributed by atoms with Gasteiger partial charge in [0.15, 0.2) is 0 Å². The van der Waals surface area contributed by atoms with Crippen LogP contribution in [0.2, 0.25) is 0 Å². The van der Waals surface area contributed by atoms with Gasteiger partial charge in [-0.25, -0.2) is 9.80 Å².